The number of amides is 2. The molecule has 0 saturated heterocycles. The Hall–Kier alpha value is -5.09. The lowest BCUT2D eigenvalue weighted by molar-refractivity contribution is -0.179. The van der Waals surface area contributed by atoms with E-state index in [1.165, 1.54) is 55.5 Å². The van der Waals surface area contributed by atoms with Crippen molar-refractivity contribution in [1.29, 1.82) is 0 Å². The summed E-state index contributed by atoms with van der Waals surface area (Å²) in [4.78, 5) is 74.5. The van der Waals surface area contributed by atoms with Gasteiger partial charge in [0, 0.05) is 19.6 Å². The van der Waals surface area contributed by atoms with E-state index in [1.54, 1.807) is 0 Å². The number of carbonyl (C=O) groups is 5. The van der Waals surface area contributed by atoms with Crippen molar-refractivity contribution in [3.8, 4) is 23.0 Å². The van der Waals surface area contributed by atoms with Crippen LogP contribution in [0, 0.1) is 0 Å². The Balaban J connectivity index is 2.33. The summed E-state index contributed by atoms with van der Waals surface area (Å²) in [6, 6.07) is 8.50. The second kappa shape index (κ2) is 17.8. The molecule has 0 saturated carbocycles. The van der Waals surface area contributed by atoms with Crippen LogP contribution in [0.15, 0.2) is 36.4 Å². The number of aliphatic carboxylic acids is 1. The molecule has 0 bridgehead atoms. The molecule has 0 heterocycles. The van der Waals surface area contributed by atoms with Crippen LogP contribution >= 0.6 is 0 Å². The van der Waals surface area contributed by atoms with Gasteiger partial charge in [-0.15, -0.1) is 0 Å². The van der Waals surface area contributed by atoms with Gasteiger partial charge in [0.1, 0.15) is 6.54 Å². The molecule has 2 amide bonds. The van der Waals surface area contributed by atoms with Gasteiger partial charge in [-0.25, -0.2) is 9.59 Å². The number of carboxylic acids is 1. The first-order valence-corrected chi connectivity index (χ1v) is 13.1. The maximum Gasteiger partial charge on any atom is 0.513 e. The average molecular weight is 622 g/mol. The molecule has 2 aromatic rings. The quantitative estimate of drug-likeness (QED) is 0.120. The van der Waals surface area contributed by atoms with E-state index in [-0.39, 0.29) is 66.7 Å². The number of benzene rings is 2. The zero-order valence-corrected chi connectivity index (χ0v) is 24.7. The summed E-state index contributed by atoms with van der Waals surface area (Å²) in [5.74, 6) is -3.09. The lowest BCUT2D eigenvalue weighted by atomic mass is 10.1. The van der Waals surface area contributed by atoms with Gasteiger partial charge in [-0.05, 0) is 43.7 Å². The maximum atomic E-state index is 13.7. The van der Waals surface area contributed by atoms with Crippen molar-refractivity contribution in [3.63, 3.8) is 0 Å². The predicted molar refractivity (Wildman–Crippen MR) is 151 cm³/mol. The lowest BCUT2D eigenvalue weighted by Crippen LogP contribution is -2.39. The summed E-state index contributed by atoms with van der Waals surface area (Å²) in [7, 11) is 4.69. The average Bonchev–Trinajstić information content (AvgIpc) is 3.01. The highest BCUT2D eigenvalue weighted by Gasteiger charge is 2.27. The van der Waals surface area contributed by atoms with Gasteiger partial charge < -0.3 is 49.2 Å². The van der Waals surface area contributed by atoms with E-state index in [4.69, 9.17) is 24.8 Å². The summed E-state index contributed by atoms with van der Waals surface area (Å²) in [5.41, 5.74) is 5.57. The molecule has 3 N–H and O–H groups in total. The molecule has 0 aliphatic rings. The molecular formula is C28H35N3O13. The molecule has 16 heteroatoms. The number of carboxylic acid groups (broad SMARTS) is 1. The zero-order valence-electron chi connectivity index (χ0n) is 24.7. The number of nitrogens with two attached hydrogens (primary N) is 1. The Morgan fingerprint density at radius 1 is 0.727 bits per heavy atom. The summed E-state index contributed by atoms with van der Waals surface area (Å²) < 4.78 is 24.5. The van der Waals surface area contributed by atoms with Crippen LogP contribution in [0.5, 0.6) is 23.0 Å². The van der Waals surface area contributed by atoms with E-state index in [0.717, 1.165) is 19.1 Å². The van der Waals surface area contributed by atoms with Crippen LogP contribution in [0.4, 0.5) is 9.59 Å². The third-order valence-corrected chi connectivity index (χ3v) is 5.90. The Morgan fingerprint density at radius 2 is 1.27 bits per heavy atom. The molecule has 2 aromatic carbocycles. The van der Waals surface area contributed by atoms with Crippen LogP contribution in [0.25, 0.3) is 0 Å². The van der Waals surface area contributed by atoms with Crippen molar-refractivity contribution in [2.24, 2.45) is 5.73 Å². The van der Waals surface area contributed by atoms with Crippen LogP contribution in [0.1, 0.15) is 33.6 Å². The number of carbonyl (C=O) groups excluding carboxylic acids is 4. The number of hydrogen-bond acceptors (Lipinski definition) is 13. The lowest BCUT2D eigenvalue weighted by Gasteiger charge is -2.26. The molecular weight excluding hydrogens is 586 g/mol. The Bertz CT molecular complexity index is 1320. The Kier molecular flexibility index (Phi) is 14.2. The fourth-order valence-corrected chi connectivity index (χ4v) is 3.98. The van der Waals surface area contributed by atoms with E-state index in [9.17, 15) is 29.1 Å². The second-order valence-corrected chi connectivity index (χ2v) is 8.74. The first kappa shape index (κ1) is 35.1. The molecule has 0 fully saturated rings. The number of para-hydroxylation sites is 2. The van der Waals surface area contributed by atoms with Gasteiger partial charge in [0.05, 0.1) is 39.6 Å². The van der Waals surface area contributed by atoms with Gasteiger partial charge in [-0.2, -0.15) is 4.89 Å². The SMILES string of the molecule is COOc1cccc(C(=O)N(CCCN)CCCN(CC(=O)O)C(=O)c2cccc(OC(=O)OC)c2OC)c1OC(=O)OC. The number of hydrogen-bond donors (Lipinski definition) is 2. The standard InChI is InChI=1S/C28H35N3O13/c1-38-23-18(9-5-11-20(23)42-27(36)39-2)26(35)31(17-22(32)33)16-8-15-30(14-7-13-29)25(34)19-10-6-12-21(44-41-4)24(19)43-28(37)40-3/h5-6,9-12H,7-8,13-17,29H2,1-4H3,(H,32,33). The first-order valence-electron chi connectivity index (χ1n) is 13.1. The topological polar surface area (TPSA) is 203 Å². The van der Waals surface area contributed by atoms with Gasteiger partial charge >= 0.3 is 18.3 Å². The highest BCUT2D eigenvalue weighted by atomic mass is 17.2. The summed E-state index contributed by atoms with van der Waals surface area (Å²) >= 11 is 0. The minimum Gasteiger partial charge on any atom is -0.492 e. The smallest absolute Gasteiger partial charge is 0.492 e. The Morgan fingerprint density at radius 3 is 1.84 bits per heavy atom. The first-order chi connectivity index (χ1) is 21.1. The van der Waals surface area contributed by atoms with Crippen LogP contribution in [0.3, 0.4) is 0 Å². The molecule has 0 unspecified atom stereocenters. The third kappa shape index (κ3) is 9.74. The van der Waals surface area contributed by atoms with Crippen LogP contribution in [-0.2, 0) is 19.2 Å². The highest BCUT2D eigenvalue weighted by molar-refractivity contribution is 6.00. The van der Waals surface area contributed by atoms with Gasteiger partial charge in [0.15, 0.2) is 17.2 Å². The maximum absolute atomic E-state index is 13.7. The predicted octanol–water partition coefficient (Wildman–Crippen LogP) is 2.33. The molecule has 0 spiro atoms. The molecule has 0 radical (unpaired) electrons. The molecule has 16 nitrogen and oxygen atoms in total. The van der Waals surface area contributed by atoms with Gasteiger partial charge in [0.25, 0.3) is 11.8 Å². The van der Waals surface area contributed by atoms with Crippen LogP contribution in [-0.4, -0.2) is 106 Å². The number of ether oxygens (including phenoxy) is 5. The number of rotatable bonds is 16. The van der Waals surface area contributed by atoms with Crippen molar-refractivity contribution in [2.45, 2.75) is 12.8 Å². The molecule has 0 atom stereocenters. The van der Waals surface area contributed by atoms with Gasteiger partial charge in [-0.3, -0.25) is 14.4 Å². The van der Waals surface area contributed by atoms with Crippen molar-refractivity contribution in [1.82, 2.24) is 9.80 Å². The fourth-order valence-electron chi connectivity index (χ4n) is 3.98. The van der Waals surface area contributed by atoms with E-state index in [0.29, 0.717) is 6.42 Å². The molecule has 240 valence electrons. The highest BCUT2D eigenvalue weighted by Crippen LogP contribution is 2.34. The molecule has 0 aliphatic carbocycles. The Labute approximate surface area is 253 Å². The molecule has 44 heavy (non-hydrogen) atoms. The van der Waals surface area contributed by atoms with E-state index in [1.807, 2.05) is 0 Å². The fraction of sp³-hybridized carbons (Fsp3) is 0.393. The van der Waals surface area contributed by atoms with E-state index >= 15 is 0 Å². The largest absolute Gasteiger partial charge is 0.513 e. The van der Waals surface area contributed by atoms with Crippen molar-refractivity contribution < 1.29 is 62.5 Å². The number of methoxy groups -OCH3 is 3. The summed E-state index contributed by atoms with van der Waals surface area (Å²) in [6.07, 6.45) is -1.59. The summed E-state index contributed by atoms with van der Waals surface area (Å²) in [5, 5.41) is 9.50. The van der Waals surface area contributed by atoms with Crippen molar-refractivity contribution in [2.75, 3.05) is 61.2 Å². The zero-order chi connectivity index (χ0) is 32.6. The van der Waals surface area contributed by atoms with Crippen molar-refractivity contribution in [3.05, 3.63) is 47.5 Å². The molecule has 0 aromatic heterocycles. The van der Waals surface area contributed by atoms with Crippen molar-refractivity contribution >= 4 is 30.1 Å². The minimum atomic E-state index is -1.28. The van der Waals surface area contributed by atoms with Gasteiger partial charge in [-0.1, -0.05) is 12.1 Å². The van der Waals surface area contributed by atoms with Crippen LogP contribution < -0.4 is 24.8 Å². The van der Waals surface area contributed by atoms with E-state index in [2.05, 4.69) is 14.4 Å². The molecule has 0 aliphatic heterocycles. The van der Waals surface area contributed by atoms with Crippen LogP contribution in [0.2, 0.25) is 0 Å². The number of nitrogens with zero attached hydrogens (tertiary/aromatic N) is 2. The van der Waals surface area contributed by atoms with Gasteiger partial charge in [0.2, 0.25) is 5.75 Å². The second-order valence-electron chi connectivity index (χ2n) is 8.74. The normalized spacial score (nSPS) is 10.3. The minimum absolute atomic E-state index is 0.0485. The van der Waals surface area contributed by atoms with E-state index < -0.39 is 36.6 Å². The monoisotopic (exact) mass is 621 g/mol. The molecule has 2 rings (SSSR count). The summed E-state index contributed by atoms with van der Waals surface area (Å²) in [6.45, 7) is -0.265. The third-order valence-electron chi connectivity index (χ3n) is 5.90.